The maximum Gasteiger partial charge on any atom is 0.168 e. The smallest absolute Gasteiger partial charge is 0.168 e. The standard InChI is InChI=1S/C16H21NO5/c1-19-14-4-3-12(9-15(14)21-7-2-6-18)13-10-16(22-17-13)5-8-20-11-16/h3-4,9,18H,2,5-8,10-11H2,1H3. The first kappa shape index (κ1) is 15.1. The zero-order valence-electron chi connectivity index (χ0n) is 12.7. The van der Waals surface area contributed by atoms with Crippen LogP contribution in [-0.4, -0.2) is 50.0 Å². The molecule has 0 aromatic heterocycles. The van der Waals surface area contributed by atoms with Crippen LogP contribution in [0.25, 0.3) is 0 Å². The van der Waals surface area contributed by atoms with Gasteiger partial charge in [0.1, 0.15) is 0 Å². The second-order valence-electron chi connectivity index (χ2n) is 5.58. The fourth-order valence-corrected chi connectivity index (χ4v) is 2.69. The topological polar surface area (TPSA) is 69.5 Å². The summed E-state index contributed by atoms with van der Waals surface area (Å²) in [6.45, 7) is 1.86. The van der Waals surface area contributed by atoms with Crippen molar-refractivity contribution in [3.05, 3.63) is 23.8 Å². The number of nitrogens with zero attached hydrogens (tertiary/aromatic N) is 1. The summed E-state index contributed by atoms with van der Waals surface area (Å²) < 4.78 is 16.4. The fourth-order valence-electron chi connectivity index (χ4n) is 2.69. The number of ether oxygens (including phenoxy) is 3. The van der Waals surface area contributed by atoms with Gasteiger partial charge >= 0.3 is 0 Å². The molecule has 120 valence electrons. The Balaban J connectivity index is 1.75. The van der Waals surface area contributed by atoms with Crippen molar-refractivity contribution in [2.75, 3.05) is 33.5 Å². The third-order valence-corrected chi connectivity index (χ3v) is 3.96. The minimum Gasteiger partial charge on any atom is -0.493 e. The van der Waals surface area contributed by atoms with Crippen molar-refractivity contribution < 1.29 is 24.2 Å². The van der Waals surface area contributed by atoms with Crippen LogP contribution in [0.15, 0.2) is 23.4 Å². The zero-order valence-corrected chi connectivity index (χ0v) is 12.7. The molecular weight excluding hydrogens is 286 g/mol. The molecule has 1 unspecified atom stereocenters. The lowest BCUT2D eigenvalue weighted by Crippen LogP contribution is -2.29. The molecular formula is C16H21NO5. The highest BCUT2D eigenvalue weighted by Gasteiger charge is 2.43. The third-order valence-electron chi connectivity index (χ3n) is 3.96. The van der Waals surface area contributed by atoms with Gasteiger partial charge in [0.2, 0.25) is 0 Å². The number of rotatable bonds is 6. The normalized spacial score (nSPS) is 23.5. The number of benzene rings is 1. The maximum absolute atomic E-state index is 8.86. The van der Waals surface area contributed by atoms with Gasteiger partial charge in [-0.1, -0.05) is 5.16 Å². The molecule has 1 spiro atoms. The second-order valence-corrected chi connectivity index (χ2v) is 5.58. The van der Waals surface area contributed by atoms with Gasteiger partial charge in [-0.25, -0.2) is 0 Å². The molecule has 0 radical (unpaired) electrons. The molecule has 6 heteroatoms. The number of aliphatic hydroxyl groups excluding tert-OH is 1. The molecule has 6 nitrogen and oxygen atoms in total. The first-order valence-corrected chi connectivity index (χ1v) is 7.51. The molecule has 3 rings (SSSR count). The van der Waals surface area contributed by atoms with Crippen molar-refractivity contribution in [3.8, 4) is 11.5 Å². The highest BCUT2D eigenvalue weighted by Crippen LogP contribution is 2.36. The van der Waals surface area contributed by atoms with E-state index in [0.29, 0.717) is 31.1 Å². The molecule has 0 amide bonds. The lowest BCUT2D eigenvalue weighted by molar-refractivity contribution is -0.0237. The summed E-state index contributed by atoms with van der Waals surface area (Å²) in [6.07, 6.45) is 2.20. The van der Waals surface area contributed by atoms with Gasteiger partial charge in [0.25, 0.3) is 0 Å². The van der Waals surface area contributed by atoms with Crippen molar-refractivity contribution in [1.29, 1.82) is 0 Å². The number of hydrogen-bond acceptors (Lipinski definition) is 6. The van der Waals surface area contributed by atoms with Crippen LogP contribution in [0, 0.1) is 0 Å². The molecule has 1 aromatic rings. The fraction of sp³-hybridized carbons (Fsp3) is 0.562. The molecule has 22 heavy (non-hydrogen) atoms. The summed E-state index contributed by atoms with van der Waals surface area (Å²) in [5.41, 5.74) is 1.58. The van der Waals surface area contributed by atoms with E-state index in [1.165, 1.54) is 0 Å². The minimum absolute atomic E-state index is 0.102. The molecule has 1 aromatic carbocycles. The van der Waals surface area contributed by atoms with Crippen molar-refractivity contribution in [3.63, 3.8) is 0 Å². The van der Waals surface area contributed by atoms with Gasteiger partial charge in [0, 0.05) is 31.4 Å². The lowest BCUT2D eigenvalue weighted by Gasteiger charge is -2.17. The SMILES string of the molecule is COc1ccc(C2=NOC3(CCOC3)C2)cc1OCCCO. The van der Waals surface area contributed by atoms with Gasteiger partial charge in [-0.3, -0.25) is 0 Å². The van der Waals surface area contributed by atoms with E-state index in [2.05, 4.69) is 5.16 Å². The highest BCUT2D eigenvalue weighted by atomic mass is 16.7. The first-order chi connectivity index (χ1) is 10.8. The van der Waals surface area contributed by atoms with Gasteiger partial charge < -0.3 is 24.2 Å². The predicted octanol–water partition coefficient (Wildman–Crippen LogP) is 1.74. The van der Waals surface area contributed by atoms with E-state index in [4.69, 9.17) is 24.2 Å². The van der Waals surface area contributed by atoms with Crippen molar-refractivity contribution in [2.45, 2.75) is 24.9 Å². The van der Waals surface area contributed by atoms with Gasteiger partial charge in [-0.05, 0) is 18.2 Å². The second kappa shape index (κ2) is 6.54. The molecule has 0 saturated carbocycles. The van der Waals surface area contributed by atoms with E-state index in [1.807, 2.05) is 18.2 Å². The van der Waals surface area contributed by atoms with E-state index < -0.39 is 0 Å². The van der Waals surface area contributed by atoms with Crippen molar-refractivity contribution in [2.24, 2.45) is 5.16 Å². The van der Waals surface area contributed by atoms with E-state index >= 15 is 0 Å². The Hall–Kier alpha value is -1.79. The Labute approximate surface area is 129 Å². The molecule has 1 atom stereocenters. The number of methoxy groups -OCH3 is 1. The average Bonchev–Trinajstić information content (AvgIpc) is 3.18. The summed E-state index contributed by atoms with van der Waals surface area (Å²) >= 11 is 0. The average molecular weight is 307 g/mol. The third kappa shape index (κ3) is 3.03. The van der Waals surface area contributed by atoms with Crippen LogP contribution >= 0.6 is 0 Å². The molecule has 0 aliphatic carbocycles. The summed E-state index contributed by atoms with van der Waals surface area (Å²) in [5.74, 6) is 1.32. The largest absolute Gasteiger partial charge is 0.493 e. The molecule has 2 heterocycles. The Bertz CT molecular complexity index is 551. The van der Waals surface area contributed by atoms with Crippen LogP contribution < -0.4 is 9.47 Å². The van der Waals surface area contributed by atoms with Crippen molar-refractivity contribution in [1.82, 2.24) is 0 Å². The summed E-state index contributed by atoms with van der Waals surface area (Å²) in [4.78, 5) is 5.62. The summed E-state index contributed by atoms with van der Waals surface area (Å²) in [6, 6.07) is 5.73. The molecule has 1 N–H and O–H groups in total. The first-order valence-electron chi connectivity index (χ1n) is 7.51. The monoisotopic (exact) mass is 307 g/mol. The van der Waals surface area contributed by atoms with Crippen LogP contribution in [0.5, 0.6) is 11.5 Å². The van der Waals surface area contributed by atoms with E-state index in [1.54, 1.807) is 7.11 Å². The summed E-state index contributed by atoms with van der Waals surface area (Å²) in [5, 5.41) is 13.1. The lowest BCUT2D eigenvalue weighted by atomic mass is 9.93. The van der Waals surface area contributed by atoms with Gasteiger partial charge in [-0.2, -0.15) is 0 Å². The number of hydrogen-bond donors (Lipinski definition) is 1. The van der Waals surface area contributed by atoms with E-state index in [0.717, 1.165) is 30.7 Å². The number of oxime groups is 1. The van der Waals surface area contributed by atoms with Crippen molar-refractivity contribution >= 4 is 5.71 Å². The Kier molecular flexibility index (Phi) is 4.49. The minimum atomic E-state index is -0.285. The van der Waals surface area contributed by atoms with Gasteiger partial charge in [0.15, 0.2) is 17.1 Å². The molecule has 2 aliphatic rings. The number of aliphatic hydroxyl groups is 1. The van der Waals surface area contributed by atoms with E-state index in [-0.39, 0.29) is 12.2 Å². The Morgan fingerprint density at radius 1 is 1.36 bits per heavy atom. The van der Waals surface area contributed by atoms with E-state index in [9.17, 15) is 0 Å². The van der Waals surface area contributed by atoms with Crippen LogP contribution in [0.3, 0.4) is 0 Å². The molecule has 0 bridgehead atoms. The zero-order chi connectivity index (χ0) is 15.4. The van der Waals surface area contributed by atoms with Gasteiger partial charge in [-0.15, -0.1) is 0 Å². The molecule has 2 aliphatic heterocycles. The predicted molar refractivity (Wildman–Crippen MR) is 80.6 cm³/mol. The molecule has 1 fully saturated rings. The van der Waals surface area contributed by atoms with Gasteiger partial charge in [0.05, 0.1) is 32.6 Å². The Morgan fingerprint density at radius 3 is 3.00 bits per heavy atom. The molecule has 1 saturated heterocycles. The van der Waals surface area contributed by atoms with Crippen LogP contribution in [0.1, 0.15) is 24.8 Å². The van der Waals surface area contributed by atoms with Crippen LogP contribution in [-0.2, 0) is 9.57 Å². The van der Waals surface area contributed by atoms with Crippen LogP contribution in [0.2, 0.25) is 0 Å². The quantitative estimate of drug-likeness (QED) is 0.811. The summed E-state index contributed by atoms with van der Waals surface area (Å²) in [7, 11) is 1.61. The highest BCUT2D eigenvalue weighted by molar-refractivity contribution is 6.02. The maximum atomic E-state index is 8.86. The Morgan fingerprint density at radius 2 is 2.27 bits per heavy atom. The van der Waals surface area contributed by atoms with Crippen LogP contribution in [0.4, 0.5) is 0 Å².